The molecular formula is C18H26F2N4O3S. The summed E-state index contributed by atoms with van der Waals surface area (Å²) >= 11 is 0. The van der Waals surface area contributed by atoms with Gasteiger partial charge in [-0.05, 0) is 25.0 Å². The Labute approximate surface area is 164 Å². The van der Waals surface area contributed by atoms with Crippen LogP contribution in [0.2, 0.25) is 0 Å². The number of piperazine rings is 1. The number of likely N-dealkylation sites (tertiary alicyclic amines) is 1. The average Bonchev–Trinajstić information content (AvgIpc) is 3.12. The van der Waals surface area contributed by atoms with Crippen molar-refractivity contribution in [2.45, 2.75) is 30.2 Å². The zero-order valence-corrected chi connectivity index (χ0v) is 16.9. The summed E-state index contributed by atoms with van der Waals surface area (Å²) in [5.41, 5.74) is -0.173. The Morgan fingerprint density at radius 1 is 1.11 bits per heavy atom. The molecule has 0 radical (unpaired) electrons. The van der Waals surface area contributed by atoms with Gasteiger partial charge in [0.1, 0.15) is 11.6 Å². The number of benzene rings is 1. The summed E-state index contributed by atoms with van der Waals surface area (Å²) < 4.78 is 53.7. The van der Waals surface area contributed by atoms with Gasteiger partial charge >= 0.3 is 6.03 Å². The Morgan fingerprint density at radius 2 is 1.71 bits per heavy atom. The van der Waals surface area contributed by atoms with Crippen LogP contribution in [0.3, 0.4) is 0 Å². The van der Waals surface area contributed by atoms with Crippen LogP contribution in [0.1, 0.15) is 19.8 Å². The molecule has 2 aliphatic heterocycles. The molecule has 7 nitrogen and oxygen atoms in total. The molecule has 2 heterocycles. The molecule has 2 saturated heterocycles. The quantitative estimate of drug-likeness (QED) is 0.807. The number of carbonyl (C=O) groups excluding carboxylic acids is 1. The summed E-state index contributed by atoms with van der Waals surface area (Å²) in [6.07, 6.45) is 1.68. The van der Waals surface area contributed by atoms with Crippen LogP contribution < -0.4 is 5.32 Å². The molecule has 3 rings (SSSR count). The van der Waals surface area contributed by atoms with Gasteiger partial charge in [-0.1, -0.05) is 6.92 Å². The van der Waals surface area contributed by atoms with Crippen LogP contribution in [0.15, 0.2) is 23.1 Å². The maximum Gasteiger partial charge on any atom is 0.317 e. The molecule has 0 spiro atoms. The van der Waals surface area contributed by atoms with Crippen molar-refractivity contribution in [1.82, 2.24) is 19.4 Å². The predicted molar refractivity (Wildman–Crippen MR) is 100 cm³/mol. The third kappa shape index (κ3) is 3.85. The van der Waals surface area contributed by atoms with E-state index in [1.165, 1.54) is 4.31 Å². The van der Waals surface area contributed by atoms with E-state index in [9.17, 15) is 22.0 Å². The van der Waals surface area contributed by atoms with Crippen molar-refractivity contribution in [3.8, 4) is 0 Å². The largest absolute Gasteiger partial charge is 0.341 e. The first-order valence-corrected chi connectivity index (χ1v) is 10.8. The SMILES string of the molecule is CC[C@@]1(N2CCN(S(=O)(=O)c3cc(F)cc(F)c3)CC2)CCN(C(=O)NC)C1. The van der Waals surface area contributed by atoms with Crippen LogP contribution in [-0.2, 0) is 10.0 Å². The van der Waals surface area contributed by atoms with E-state index in [1.54, 1.807) is 11.9 Å². The minimum atomic E-state index is -3.96. The van der Waals surface area contributed by atoms with Crippen molar-refractivity contribution in [2.24, 2.45) is 0 Å². The van der Waals surface area contributed by atoms with E-state index >= 15 is 0 Å². The number of sulfonamides is 1. The minimum Gasteiger partial charge on any atom is -0.341 e. The second-order valence-corrected chi connectivity index (χ2v) is 9.24. The molecule has 1 atom stereocenters. The zero-order chi connectivity index (χ0) is 20.5. The molecule has 2 aliphatic rings. The topological polar surface area (TPSA) is 73.0 Å². The van der Waals surface area contributed by atoms with Crippen molar-refractivity contribution in [3.05, 3.63) is 29.8 Å². The molecule has 2 fully saturated rings. The van der Waals surface area contributed by atoms with Gasteiger partial charge in [0.15, 0.2) is 0 Å². The number of hydrogen-bond acceptors (Lipinski definition) is 4. The molecule has 10 heteroatoms. The summed E-state index contributed by atoms with van der Waals surface area (Å²) in [5.74, 6) is -1.83. The van der Waals surface area contributed by atoms with Gasteiger partial charge in [-0.25, -0.2) is 22.0 Å². The standard InChI is InChI=1S/C18H26F2N4O3S/c1-3-18(4-5-22(13-18)17(25)21-2)23-6-8-24(9-7-23)28(26,27)16-11-14(19)10-15(20)12-16/h10-12H,3-9,13H2,1-2H3,(H,21,25)/t18-/m1/s1. The van der Waals surface area contributed by atoms with Crippen molar-refractivity contribution in [2.75, 3.05) is 46.3 Å². The van der Waals surface area contributed by atoms with Crippen LogP contribution in [0.25, 0.3) is 0 Å². The van der Waals surface area contributed by atoms with Gasteiger partial charge in [0.05, 0.1) is 4.90 Å². The number of nitrogens with one attached hydrogen (secondary N) is 1. The third-order valence-electron chi connectivity index (χ3n) is 5.87. The Hall–Kier alpha value is -1.78. The van der Waals surface area contributed by atoms with Crippen LogP contribution in [0.4, 0.5) is 13.6 Å². The van der Waals surface area contributed by atoms with Crippen molar-refractivity contribution in [1.29, 1.82) is 0 Å². The van der Waals surface area contributed by atoms with Gasteiger partial charge in [0.2, 0.25) is 10.0 Å². The Morgan fingerprint density at radius 3 is 2.25 bits per heavy atom. The third-order valence-corrected chi connectivity index (χ3v) is 7.75. The van der Waals surface area contributed by atoms with Crippen molar-refractivity contribution >= 4 is 16.1 Å². The van der Waals surface area contributed by atoms with E-state index in [0.717, 1.165) is 25.0 Å². The fourth-order valence-electron chi connectivity index (χ4n) is 4.19. The smallest absolute Gasteiger partial charge is 0.317 e. The van der Waals surface area contributed by atoms with Crippen LogP contribution >= 0.6 is 0 Å². The first-order chi connectivity index (χ1) is 13.2. The van der Waals surface area contributed by atoms with Crippen LogP contribution in [0.5, 0.6) is 0 Å². The number of rotatable bonds is 4. The highest BCUT2D eigenvalue weighted by Gasteiger charge is 2.44. The molecule has 0 bridgehead atoms. The molecule has 1 aromatic carbocycles. The fourth-order valence-corrected chi connectivity index (χ4v) is 5.65. The molecule has 0 unspecified atom stereocenters. The number of nitrogens with zero attached hydrogens (tertiary/aromatic N) is 3. The van der Waals surface area contributed by atoms with E-state index < -0.39 is 21.7 Å². The summed E-state index contributed by atoms with van der Waals surface area (Å²) in [6, 6.07) is 2.23. The molecule has 0 saturated carbocycles. The Bertz CT molecular complexity index is 823. The first-order valence-electron chi connectivity index (χ1n) is 9.40. The van der Waals surface area contributed by atoms with Gasteiger partial charge in [-0.2, -0.15) is 4.31 Å². The molecule has 0 aliphatic carbocycles. The molecule has 2 amide bonds. The molecule has 1 N–H and O–H groups in total. The molecular weight excluding hydrogens is 390 g/mol. The monoisotopic (exact) mass is 416 g/mol. The number of urea groups is 1. The average molecular weight is 416 g/mol. The molecule has 156 valence electrons. The summed E-state index contributed by atoms with van der Waals surface area (Å²) in [7, 11) is -2.35. The highest BCUT2D eigenvalue weighted by Crippen LogP contribution is 2.33. The lowest BCUT2D eigenvalue weighted by Crippen LogP contribution is -2.59. The highest BCUT2D eigenvalue weighted by molar-refractivity contribution is 7.89. The van der Waals surface area contributed by atoms with Gasteiger partial charge in [-0.3, -0.25) is 4.90 Å². The Kier molecular flexibility index (Phi) is 5.92. The van der Waals surface area contributed by atoms with Crippen molar-refractivity contribution < 1.29 is 22.0 Å². The summed E-state index contributed by atoms with van der Waals surface area (Å²) in [5, 5.41) is 2.65. The summed E-state index contributed by atoms with van der Waals surface area (Å²) in [6.45, 7) is 4.83. The minimum absolute atomic E-state index is 0.107. The maximum absolute atomic E-state index is 13.5. The van der Waals surface area contributed by atoms with Gasteiger partial charge in [-0.15, -0.1) is 0 Å². The maximum atomic E-state index is 13.5. The predicted octanol–water partition coefficient (Wildman–Crippen LogP) is 1.46. The lowest BCUT2D eigenvalue weighted by atomic mass is 9.92. The number of amides is 2. The van der Waals surface area contributed by atoms with Gasteiger partial charge in [0.25, 0.3) is 0 Å². The second-order valence-electron chi connectivity index (χ2n) is 7.30. The van der Waals surface area contributed by atoms with E-state index in [2.05, 4.69) is 17.1 Å². The fraction of sp³-hybridized carbons (Fsp3) is 0.611. The number of hydrogen-bond donors (Lipinski definition) is 1. The lowest BCUT2D eigenvalue weighted by Gasteiger charge is -2.45. The molecule has 0 aromatic heterocycles. The molecule has 1 aromatic rings. The van der Waals surface area contributed by atoms with Gasteiger partial charge in [0, 0.05) is 57.9 Å². The van der Waals surface area contributed by atoms with E-state index in [4.69, 9.17) is 0 Å². The van der Waals surface area contributed by atoms with Crippen LogP contribution in [0, 0.1) is 11.6 Å². The zero-order valence-electron chi connectivity index (χ0n) is 16.1. The van der Waals surface area contributed by atoms with E-state index in [1.807, 2.05) is 0 Å². The normalized spacial score (nSPS) is 24.5. The Balaban J connectivity index is 1.71. The lowest BCUT2D eigenvalue weighted by molar-refractivity contribution is 0.0574. The number of halogens is 2. The second kappa shape index (κ2) is 7.92. The highest BCUT2D eigenvalue weighted by atomic mass is 32.2. The van der Waals surface area contributed by atoms with Crippen molar-refractivity contribution in [3.63, 3.8) is 0 Å². The van der Waals surface area contributed by atoms with Crippen LogP contribution in [-0.4, -0.2) is 80.4 Å². The molecule has 28 heavy (non-hydrogen) atoms. The first kappa shape index (κ1) is 20.9. The van der Waals surface area contributed by atoms with E-state index in [0.29, 0.717) is 32.2 Å². The number of carbonyl (C=O) groups is 1. The summed E-state index contributed by atoms with van der Waals surface area (Å²) in [4.78, 5) is 15.6. The van der Waals surface area contributed by atoms with E-state index in [-0.39, 0.29) is 29.6 Å². The van der Waals surface area contributed by atoms with Gasteiger partial charge < -0.3 is 10.2 Å².